The van der Waals surface area contributed by atoms with Crippen LogP contribution in [0.2, 0.25) is 5.02 Å². The molecular weight excluding hydrogens is 188 g/mol. The minimum Gasteiger partial charge on any atom is -0.493 e. The first-order valence-electron chi connectivity index (χ1n) is 4.16. The van der Waals surface area contributed by atoms with Crippen LogP contribution in [0.4, 0.5) is 0 Å². The zero-order valence-corrected chi connectivity index (χ0v) is 7.75. The van der Waals surface area contributed by atoms with E-state index in [0.717, 1.165) is 24.0 Å². The molecule has 68 valence electrons. The van der Waals surface area contributed by atoms with Crippen LogP contribution in [0, 0.1) is 5.92 Å². The lowest BCUT2D eigenvalue weighted by molar-refractivity contribution is -0.112. The fourth-order valence-electron chi connectivity index (χ4n) is 1.47. The number of carbonyl (C=O) groups is 1. The number of rotatable bonds is 1. The Bertz CT molecular complexity index is 336. The predicted molar refractivity (Wildman–Crippen MR) is 50.2 cm³/mol. The van der Waals surface area contributed by atoms with Crippen LogP contribution in [0.15, 0.2) is 18.2 Å². The quantitative estimate of drug-likeness (QED) is 0.643. The number of carbonyl (C=O) groups excluding carboxylic acids is 1. The van der Waals surface area contributed by atoms with E-state index in [1.807, 2.05) is 12.1 Å². The second-order valence-corrected chi connectivity index (χ2v) is 3.60. The smallest absolute Gasteiger partial charge is 0.126 e. The van der Waals surface area contributed by atoms with Gasteiger partial charge in [-0.15, -0.1) is 0 Å². The van der Waals surface area contributed by atoms with E-state index in [9.17, 15) is 4.79 Å². The number of halogens is 1. The van der Waals surface area contributed by atoms with Crippen LogP contribution in [-0.4, -0.2) is 12.9 Å². The normalized spacial score (nSPS) is 20.2. The highest BCUT2D eigenvalue weighted by Gasteiger charge is 2.18. The van der Waals surface area contributed by atoms with Crippen LogP contribution >= 0.6 is 11.6 Å². The Balaban J connectivity index is 2.32. The van der Waals surface area contributed by atoms with Gasteiger partial charge in [0.05, 0.1) is 12.5 Å². The van der Waals surface area contributed by atoms with Gasteiger partial charge in [-0.05, 0) is 30.2 Å². The molecule has 0 amide bonds. The lowest BCUT2D eigenvalue weighted by atomic mass is 9.98. The van der Waals surface area contributed by atoms with Crippen molar-refractivity contribution in [3.63, 3.8) is 0 Å². The van der Waals surface area contributed by atoms with Gasteiger partial charge in [0.2, 0.25) is 0 Å². The molecule has 0 bridgehead atoms. The summed E-state index contributed by atoms with van der Waals surface area (Å²) in [6, 6.07) is 5.49. The minimum atomic E-state index is -0.0223. The van der Waals surface area contributed by atoms with E-state index in [1.165, 1.54) is 0 Å². The number of hydrogen-bond acceptors (Lipinski definition) is 2. The molecule has 0 saturated carbocycles. The molecule has 0 radical (unpaired) electrons. The van der Waals surface area contributed by atoms with Gasteiger partial charge in [-0.2, -0.15) is 0 Å². The summed E-state index contributed by atoms with van der Waals surface area (Å²) in [5.74, 6) is 0.827. The highest BCUT2D eigenvalue weighted by molar-refractivity contribution is 6.30. The first-order valence-corrected chi connectivity index (χ1v) is 4.54. The van der Waals surface area contributed by atoms with E-state index >= 15 is 0 Å². The van der Waals surface area contributed by atoms with E-state index in [-0.39, 0.29) is 5.92 Å². The molecule has 1 aromatic carbocycles. The van der Waals surface area contributed by atoms with Crippen LogP contribution in [0.1, 0.15) is 5.56 Å². The molecule has 1 aliphatic rings. The van der Waals surface area contributed by atoms with Gasteiger partial charge < -0.3 is 9.53 Å². The van der Waals surface area contributed by atoms with Gasteiger partial charge >= 0.3 is 0 Å². The summed E-state index contributed by atoms with van der Waals surface area (Å²) < 4.78 is 5.39. The van der Waals surface area contributed by atoms with Gasteiger partial charge in [-0.3, -0.25) is 0 Å². The first-order chi connectivity index (χ1) is 6.29. The van der Waals surface area contributed by atoms with Crippen molar-refractivity contribution in [1.29, 1.82) is 0 Å². The molecule has 0 saturated heterocycles. The summed E-state index contributed by atoms with van der Waals surface area (Å²) in [7, 11) is 0. The average molecular weight is 197 g/mol. The molecule has 0 unspecified atom stereocenters. The van der Waals surface area contributed by atoms with E-state index < -0.39 is 0 Å². The van der Waals surface area contributed by atoms with Crippen molar-refractivity contribution in [3.8, 4) is 5.75 Å². The van der Waals surface area contributed by atoms with Gasteiger partial charge in [0.25, 0.3) is 0 Å². The molecular formula is C10H9ClO2. The number of fused-ring (bicyclic) bond motifs is 1. The maximum absolute atomic E-state index is 10.5. The van der Waals surface area contributed by atoms with Crippen molar-refractivity contribution in [2.24, 2.45) is 5.92 Å². The molecule has 1 heterocycles. The number of ether oxygens (including phenoxy) is 1. The molecule has 0 aliphatic carbocycles. The summed E-state index contributed by atoms with van der Waals surface area (Å²) in [6.07, 6.45) is 1.67. The topological polar surface area (TPSA) is 26.3 Å². The van der Waals surface area contributed by atoms with Crippen molar-refractivity contribution in [2.45, 2.75) is 6.42 Å². The van der Waals surface area contributed by atoms with Crippen molar-refractivity contribution in [2.75, 3.05) is 6.61 Å². The zero-order chi connectivity index (χ0) is 9.26. The monoisotopic (exact) mass is 196 g/mol. The lowest BCUT2D eigenvalue weighted by Crippen LogP contribution is -2.21. The van der Waals surface area contributed by atoms with Crippen LogP contribution in [0.25, 0.3) is 0 Å². The Morgan fingerprint density at radius 1 is 1.54 bits per heavy atom. The Morgan fingerprint density at radius 2 is 2.38 bits per heavy atom. The molecule has 2 rings (SSSR count). The van der Waals surface area contributed by atoms with Gasteiger partial charge in [-0.25, -0.2) is 0 Å². The fourth-order valence-corrected chi connectivity index (χ4v) is 1.67. The third-order valence-electron chi connectivity index (χ3n) is 2.15. The molecule has 0 spiro atoms. The van der Waals surface area contributed by atoms with Crippen LogP contribution in [0.5, 0.6) is 5.75 Å². The Labute approximate surface area is 81.5 Å². The largest absolute Gasteiger partial charge is 0.493 e. The first kappa shape index (κ1) is 8.57. The SMILES string of the molecule is O=C[C@H]1COc2ccc(Cl)cc2C1. The molecule has 0 aromatic heterocycles. The van der Waals surface area contributed by atoms with E-state index in [2.05, 4.69) is 0 Å². The maximum atomic E-state index is 10.5. The lowest BCUT2D eigenvalue weighted by Gasteiger charge is -2.21. The summed E-state index contributed by atoms with van der Waals surface area (Å²) in [5, 5.41) is 0.689. The Kier molecular flexibility index (Phi) is 2.23. The number of hydrogen-bond donors (Lipinski definition) is 0. The minimum absolute atomic E-state index is 0.0223. The molecule has 2 nitrogen and oxygen atoms in total. The van der Waals surface area contributed by atoms with Crippen molar-refractivity contribution in [3.05, 3.63) is 28.8 Å². The van der Waals surface area contributed by atoms with Gasteiger partial charge in [0, 0.05) is 5.02 Å². The third-order valence-corrected chi connectivity index (χ3v) is 2.39. The third kappa shape index (κ3) is 1.68. The Hall–Kier alpha value is -1.02. The van der Waals surface area contributed by atoms with Crippen molar-refractivity contribution < 1.29 is 9.53 Å². The average Bonchev–Trinajstić information content (AvgIpc) is 2.16. The van der Waals surface area contributed by atoms with Crippen LogP contribution in [-0.2, 0) is 11.2 Å². The second-order valence-electron chi connectivity index (χ2n) is 3.16. The predicted octanol–water partition coefficient (Wildman–Crippen LogP) is 2.09. The molecule has 0 N–H and O–H groups in total. The highest BCUT2D eigenvalue weighted by atomic mass is 35.5. The molecule has 0 fully saturated rings. The van der Waals surface area contributed by atoms with Crippen LogP contribution < -0.4 is 4.74 Å². The molecule has 3 heteroatoms. The molecule has 1 aromatic rings. The van der Waals surface area contributed by atoms with Crippen molar-refractivity contribution in [1.82, 2.24) is 0 Å². The standard InChI is InChI=1S/C10H9ClO2/c11-9-1-2-10-8(4-9)3-7(5-12)6-13-10/h1-2,4-5,7H,3,6H2/t7-/m0/s1. The fraction of sp³-hybridized carbons (Fsp3) is 0.300. The number of aldehydes is 1. The second kappa shape index (κ2) is 3.38. The molecule has 1 aliphatic heterocycles. The molecule has 13 heavy (non-hydrogen) atoms. The number of benzene rings is 1. The van der Waals surface area contributed by atoms with Gasteiger partial charge in [0.1, 0.15) is 12.0 Å². The van der Waals surface area contributed by atoms with E-state index in [4.69, 9.17) is 16.3 Å². The Morgan fingerprint density at radius 3 is 3.15 bits per heavy atom. The summed E-state index contributed by atoms with van der Waals surface area (Å²) in [4.78, 5) is 10.5. The van der Waals surface area contributed by atoms with Crippen molar-refractivity contribution >= 4 is 17.9 Å². The summed E-state index contributed by atoms with van der Waals surface area (Å²) >= 11 is 5.82. The maximum Gasteiger partial charge on any atom is 0.126 e. The zero-order valence-electron chi connectivity index (χ0n) is 7.00. The summed E-state index contributed by atoms with van der Waals surface area (Å²) in [5.41, 5.74) is 1.02. The van der Waals surface area contributed by atoms with Crippen LogP contribution in [0.3, 0.4) is 0 Å². The van der Waals surface area contributed by atoms with E-state index in [0.29, 0.717) is 11.6 Å². The molecule has 1 atom stereocenters. The van der Waals surface area contributed by atoms with E-state index in [1.54, 1.807) is 6.07 Å². The highest BCUT2D eigenvalue weighted by Crippen LogP contribution is 2.28. The van der Waals surface area contributed by atoms with Gasteiger partial charge in [0.15, 0.2) is 0 Å². The summed E-state index contributed by atoms with van der Waals surface area (Å²) in [6.45, 7) is 0.484. The van der Waals surface area contributed by atoms with Gasteiger partial charge in [-0.1, -0.05) is 11.6 Å².